The van der Waals surface area contributed by atoms with E-state index < -0.39 is 17.8 Å². The van der Waals surface area contributed by atoms with Crippen LogP contribution in [-0.4, -0.2) is 39.7 Å². The van der Waals surface area contributed by atoms with Crippen molar-refractivity contribution in [2.45, 2.75) is 52.6 Å². The number of rotatable bonds is 11. The zero-order valence-corrected chi connectivity index (χ0v) is 25.2. The molecular formula is C32H35FN6O5. The standard InChI is InChI=1S/C32H35FN6O5/c1-6-13-32(3,4)28-18-29(39(38-28)22-9-7-8-21(15-22)19-43-20(2)40)37-31(42)36-26-11-10-23(16-25(26)33)44-24-12-14-35-27(17-24)30(41)34-5/h7-12,14-18H,6,13,19H2,1-5H3,(H,34,41)(H2,36,37,42). The van der Waals surface area contributed by atoms with Gasteiger partial charge in [-0.25, -0.2) is 13.9 Å². The molecule has 4 rings (SSSR count). The molecule has 0 atom stereocenters. The van der Waals surface area contributed by atoms with Crippen molar-refractivity contribution in [2.75, 3.05) is 17.7 Å². The fourth-order valence-electron chi connectivity index (χ4n) is 4.51. The summed E-state index contributed by atoms with van der Waals surface area (Å²) in [5, 5.41) is 12.6. The molecule has 2 heterocycles. The van der Waals surface area contributed by atoms with Crippen molar-refractivity contribution in [1.29, 1.82) is 0 Å². The highest BCUT2D eigenvalue weighted by atomic mass is 19.1. The highest BCUT2D eigenvalue weighted by Crippen LogP contribution is 2.31. The summed E-state index contributed by atoms with van der Waals surface area (Å²) in [7, 11) is 1.49. The first kappa shape index (κ1) is 31.7. The Hall–Kier alpha value is -5.26. The first-order valence-corrected chi connectivity index (χ1v) is 14.1. The van der Waals surface area contributed by atoms with Crippen LogP contribution in [0, 0.1) is 5.82 Å². The highest BCUT2D eigenvalue weighted by molar-refractivity contribution is 5.99. The smallest absolute Gasteiger partial charge is 0.324 e. The van der Waals surface area contributed by atoms with Crippen LogP contribution in [0.4, 0.5) is 20.7 Å². The van der Waals surface area contributed by atoms with E-state index in [-0.39, 0.29) is 35.1 Å². The minimum atomic E-state index is -0.727. The number of hydrogen-bond acceptors (Lipinski definition) is 7. The van der Waals surface area contributed by atoms with Gasteiger partial charge in [0.05, 0.1) is 17.1 Å². The number of ether oxygens (including phenoxy) is 2. The second-order valence-corrected chi connectivity index (χ2v) is 10.7. The van der Waals surface area contributed by atoms with Crippen molar-refractivity contribution < 1.29 is 28.2 Å². The predicted molar refractivity (Wildman–Crippen MR) is 164 cm³/mol. The molecule has 0 aliphatic heterocycles. The molecule has 230 valence electrons. The van der Waals surface area contributed by atoms with Gasteiger partial charge >= 0.3 is 12.0 Å². The van der Waals surface area contributed by atoms with Crippen LogP contribution in [0.25, 0.3) is 5.69 Å². The predicted octanol–water partition coefficient (Wildman–Crippen LogP) is 6.34. The van der Waals surface area contributed by atoms with E-state index in [0.29, 0.717) is 17.3 Å². The highest BCUT2D eigenvalue weighted by Gasteiger charge is 2.26. The van der Waals surface area contributed by atoms with E-state index >= 15 is 4.39 Å². The van der Waals surface area contributed by atoms with Crippen molar-refractivity contribution in [2.24, 2.45) is 0 Å². The maximum Gasteiger partial charge on any atom is 0.324 e. The first-order valence-electron chi connectivity index (χ1n) is 14.1. The molecule has 0 aliphatic carbocycles. The van der Waals surface area contributed by atoms with Gasteiger partial charge in [0, 0.05) is 43.8 Å². The minimum Gasteiger partial charge on any atom is -0.461 e. The lowest BCUT2D eigenvalue weighted by molar-refractivity contribution is -0.142. The van der Waals surface area contributed by atoms with Crippen molar-refractivity contribution in [1.82, 2.24) is 20.1 Å². The molecule has 0 fully saturated rings. The number of nitrogens with one attached hydrogen (secondary N) is 3. The van der Waals surface area contributed by atoms with Crippen LogP contribution in [0.1, 0.15) is 62.3 Å². The maximum absolute atomic E-state index is 15.0. The molecule has 0 unspecified atom stereocenters. The topological polar surface area (TPSA) is 136 Å². The summed E-state index contributed by atoms with van der Waals surface area (Å²) in [4.78, 5) is 40.2. The number of urea groups is 1. The van der Waals surface area contributed by atoms with Crippen LogP contribution >= 0.6 is 0 Å². The Morgan fingerprint density at radius 3 is 2.48 bits per heavy atom. The molecule has 11 nitrogen and oxygen atoms in total. The lowest BCUT2D eigenvalue weighted by Crippen LogP contribution is -2.22. The average molecular weight is 603 g/mol. The van der Waals surface area contributed by atoms with Gasteiger partial charge in [0.2, 0.25) is 0 Å². The van der Waals surface area contributed by atoms with Crippen LogP contribution in [0.15, 0.2) is 66.9 Å². The van der Waals surface area contributed by atoms with Crippen molar-refractivity contribution >= 4 is 29.4 Å². The first-order chi connectivity index (χ1) is 21.0. The summed E-state index contributed by atoms with van der Waals surface area (Å²) in [6.07, 6.45) is 3.22. The Morgan fingerprint density at radius 2 is 1.77 bits per heavy atom. The van der Waals surface area contributed by atoms with E-state index in [1.165, 1.54) is 44.4 Å². The van der Waals surface area contributed by atoms with Gasteiger partial charge in [-0.2, -0.15) is 5.10 Å². The number of carbonyl (C=O) groups is 3. The zero-order valence-electron chi connectivity index (χ0n) is 25.2. The second kappa shape index (κ2) is 13.8. The van der Waals surface area contributed by atoms with Gasteiger partial charge in [-0.05, 0) is 42.3 Å². The summed E-state index contributed by atoms with van der Waals surface area (Å²) in [6.45, 7) is 7.68. The molecule has 3 N–H and O–H groups in total. The third kappa shape index (κ3) is 7.97. The van der Waals surface area contributed by atoms with Crippen molar-refractivity contribution in [3.05, 3.63) is 89.6 Å². The van der Waals surface area contributed by atoms with Crippen molar-refractivity contribution in [3.8, 4) is 17.2 Å². The Bertz CT molecular complexity index is 1670. The van der Waals surface area contributed by atoms with E-state index in [4.69, 9.17) is 14.6 Å². The molecule has 0 aliphatic rings. The molecular weight excluding hydrogens is 567 g/mol. The number of anilines is 2. The molecule has 0 bridgehead atoms. The average Bonchev–Trinajstić information content (AvgIpc) is 3.42. The molecule has 0 spiro atoms. The fourth-order valence-corrected chi connectivity index (χ4v) is 4.51. The van der Waals surface area contributed by atoms with E-state index in [2.05, 4.69) is 41.7 Å². The molecule has 44 heavy (non-hydrogen) atoms. The van der Waals surface area contributed by atoms with Gasteiger partial charge in [-0.1, -0.05) is 39.3 Å². The Kier molecular flexibility index (Phi) is 9.94. The van der Waals surface area contributed by atoms with Gasteiger partial charge in [-0.15, -0.1) is 0 Å². The number of pyridine rings is 1. The van der Waals surface area contributed by atoms with Gasteiger partial charge in [0.1, 0.15) is 35.4 Å². The summed E-state index contributed by atoms with van der Waals surface area (Å²) in [5.41, 5.74) is 1.96. The normalized spacial score (nSPS) is 11.0. The Balaban J connectivity index is 1.54. The molecule has 3 amide bonds. The summed E-state index contributed by atoms with van der Waals surface area (Å²) >= 11 is 0. The monoisotopic (exact) mass is 602 g/mol. The number of hydrogen-bond donors (Lipinski definition) is 3. The van der Waals surface area contributed by atoms with Gasteiger partial charge < -0.3 is 20.1 Å². The van der Waals surface area contributed by atoms with E-state index in [0.717, 1.165) is 30.2 Å². The van der Waals surface area contributed by atoms with E-state index in [9.17, 15) is 14.4 Å². The molecule has 12 heteroatoms. The summed E-state index contributed by atoms with van der Waals surface area (Å²) in [6, 6.07) is 15.3. The Labute approximate surface area is 254 Å². The molecule has 0 saturated carbocycles. The maximum atomic E-state index is 15.0. The SMILES string of the molecule is CCCC(C)(C)c1cc(NC(=O)Nc2ccc(Oc3ccnc(C(=O)NC)c3)cc2F)n(-c2cccc(COC(C)=O)c2)n1. The van der Waals surface area contributed by atoms with Crippen LogP contribution < -0.4 is 20.7 Å². The number of esters is 1. The van der Waals surface area contributed by atoms with Crippen LogP contribution in [-0.2, 0) is 21.6 Å². The Morgan fingerprint density at radius 1 is 1.00 bits per heavy atom. The second-order valence-electron chi connectivity index (χ2n) is 10.7. The lowest BCUT2D eigenvalue weighted by atomic mass is 9.85. The zero-order chi connectivity index (χ0) is 31.9. The van der Waals surface area contributed by atoms with E-state index in [1.807, 2.05) is 18.2 Å². The molecule has 0 radical (unpaired) electrons. The van der Waals surface area contributed by atoms with Gasteiger partial charge in [-0.3, -0.25) is 19.9 Å². The molecule has 0 saturated heterocycles. The van der Waals surface area contributed by atoms with Gasteiger partial charge in [0.25, 0.3) is 5.91 Å². The van der Waals surface area contributed by atoms with Crippen molar-refractivity contribution in [3.63, 3.8) is 0 Å². The summed E-state index contributed by atoms with van der Waals surface area (Å²) in [5.74, 6) is -0.674. The van der Waals surface area contributed by atoms with Crippen LogP contribution in [0.2, 0.25) is 0 Å². The van der Waals surface area contributed by atoms with Gasteiger partial charge in [0.15, 0.2) is 0 Å². The number of carbonyl (C=O) groups excluding carboxylic acids is 3. The van der Waals surface area contributed by atoms with Crippen LogP contribution in [0.3, 0.4) is 0 Å². The number of amides is 3. The third-order valence-corrected chi connectivity index (χ3v) is 6.73. The summed E-state index contributed by atoms with van der Waals surface area (Å²) < 4.78 is 27.4. The largest absolute Gasteiger partial charge is 0.461 e. The molecule has 4 aromatic rings. The number of aromatic nitrogens is 3. The quantitative estimate of drug-likeness (QED) is 0.170. The van der Waals surface area contributed by atoms with Crippen LogP contribution in [0.5, 0.6) is 11.5 Å². The molecule has 2 aromatic carbocycles. The third-order valence-electron chi connectivity index (χ3n) is 6.73. The van der Waals surface area contributed by atoms with E-state index in [1.54, 1.807) is 16.8 Å². The molecule has 2 aromatic heterocycles. The number of halogens is 1. The number of nitrogens with zero attached hydrogens (tertiary/aromatic N) is 3. The lowest BCUT2D eigenvalue weighted by Gasteiger charge is -2.21. The number of benzene rings is 2. The minimum absolute atomic E-state index is 0.0726. The fraction of sp³-hybridized carbons (Fsp3) is 0.281.